The number of carbonyl (C=O) groups is 1. The zero-order valence-corrected chi connectivity index (χ0v) is 15.5. The van der Waals surface area contributed by atoms with Crippen LogP contribution in [0.3, 0.4) is 0 Å². The van der Waals surface area contributed by atoms with E-state index in [-0.39, 0.29) is 21.8 Å². The number of nitrogens with zero attached hydrogens (tertiary/aromatic N) is 2. The SMILES string of the molecule is CNS(=O)(=O)c1ccc(C(=O)O[C@@H](C)c2nc(C(C)(C)C)no2)cc1. The van der Waals surface area contributed by atoms with Crippen LogP contribution in [0.15, 0.2) is 33.7 Å². The molecule has 0 aliphatic heterocycles. The molecule has 1 heterocycles. The average molecular weight is 367 g/mol. The molecule has 0 bridgehead atoms. The van der Waals surface area contributed by atoms with Gasteiger partial charge in [0.25, 0.3) is 5.89 Å². The highest BCUT2D eigenvalue weighted by Crippen LogP contribution is 2.23. The van der Waals surface area contributed by atoms with Crippen molar-refractivity contribution >= 4 is 16.0 Å². The Morgan fingerprint density at radius 3 is 2.32 bits per heavy atom. The maximum absolute atomic E-state index is 12.2. The lowest BCUT2D eigenvalue weighted by Gasteiger charge is -2.12. The van der Waals surface area contributed by atoms with Crippen molar-refractivity contribution < 1.29 is 22.5 Å². The molecule has 9 heteroatoms. The van der Waals surface area contributed by atoms with Gasteiger partial charge in [-0.05, 0) is 38.2 Å². The third-order valence-corrected chi connectivity index (χ3v) is 4.84. The second kappa shape index (κ2) is 6.93. The summed E-state index contributed by atoms with van der Waals surface area (Å²) in [5.41, 5.74) is -0.0578. The number of hydrogen-bond acceptors (Lipinski definition) is 7. The van der Waals surface area contributed by atoms with Crippen molar-refractivity contribution in [3.63, 3.8) is 0 Å². The molecule has 0 aliphatic carbocycles. The van der Waals surface area contributed by atoms with Gasteiger partial charge in [0.2, 0.25) is 10.0 Å². The molecule has 0 saturated heterocycles. The van der Waals surface area contributed by atoms with E-state index in [1.165, 1.54) is 31.3 Å². The molecule has 1 atom stereocenters. The molecule has 136 valence electrons. The molecule has 0 amide bonds. The molecular weight excluding hydrogens is 346 g/mol. The topological polar surface area (TPSA) is 111 Å². The molecule has 8 nitrogen and oxygen atoms in total. The van der Waals surface area contributed by atoms with Crippen LogP contribution in [0.1, 0.15) is 55.9 Å². The highest BCUT2D eigenvalue weighted by Gasteiger charge is 2.25. The number of benzene rings is 1. The quantitative estimate of drug-likeness (QED) is 0.806. The van der Waals surface area contributed by atoms with Crippen LogP contribution in [0.2, 0.25) is 0 Å². The van der Waals surface area contributed by atoms with E-state index in [1.54, 1.807) is 6.92 Å². The van der Waals surface area contributed by atoms with Crippen LogP contribution in [-0.4, -0.2) is 31.6 Å². The van der Waals surface area contributed by atoms with Gasteiger partial charge in [-0.25, -0.2) is 17.9 Å². The van der Waals surface area contributed by atoms with Crippen LogP contribution < -0.4 is 4.72 Å². The minimum Gasteiger partial charge on any atom is -0.449 e. The maximum atomic E-state index is 12.2. The van der Waals surface area contributed by atoms with Crippen molar-refractivity contribution in [2.45, 2.75) is 44.1 Å². The molecule has 1 aromatic heterocycles. The number of esters is 1. The summed E-state index contributed by atoms with van der Waals surface area (Å²) in [6.07, 6.45) is -0.725. The van der Waals surface area contributed by atoms with Gasteiger partial charge in [-0.3, -0.25) is 0 Å². The Labute approximate surface area is 146 Å². The van der Waals surface area contributed by atoms with Crippen molar-refractivity contribution in [2.24, 2.45) is 0 Å². The van der Waals surface area contributed by atoms with Gasteiger partial charge in [-0.15, -0.1) is 0 Å². The van der Waals surface area contributed by atoms with Gasteiger partial charge in [-0.2, -0.15) is 4.98 Å². The monoisotopic (exact) mass is 367 g/mol. The second-order valence-corrected chi connectivity index (χ2v) is 8.37. The molecular formula is C16H21N3O5S. The Hall–Kier alpha value is -2.26. The van der Waals surface area contributed by atoms with Gasteiger partial charge < -0.3 is 9.26 Å². The van der Waals surface area contributed by atoms with Crippen LogP contribution in [0.4, 0.5) is 0 Å². The molecule has 0 radical (unpaired) electrons. The zero-order chi connectivity index (χ0) is 18.8. The largest absolute Gasteiger partial charge is 0.449 e. The van der Waals surface area contributed by atoms with Gasteiger partial charge in [0.1, 0.15) is 0 Å². The minimum absolute atomic E-state index is 0.0614. The van der Waals surface area contributed by atoms with E-state index in [4.69, 9.17) is 9.26 Å². The fourth-order valence-corrected chi connectivity index (χ4v) is 2.60. The van der Waals surface area contributed by atoms with Crippen molar-refractivity contribution in [1.82, 2.24) is 14.9 Å². The first-order valence-electron chi connectivity index (χ1n) is 7.63. The number of carbonyl (C=O) groups excluding carboxylic acids is 1. The van der Waals surface area contributed by atoms with Crippen LogP contribution in [-0.2, 0) is 20.2 Å². The molecule has 0 fully saturated rings. The summed E-state index contributed by atoms with van der Waals surface area (Å²) in [6, 6.07) is 5.43. The average Bonchev–Trinajstić information content (AvgIpc) is 3.05. The second-order valence-electron chi connectivity index (χ2n) is 6.49. The molecule has 2 rings (SSSR count). The fourth-order valence-electron chi connectivity index (χ4n) is 1.87. The summed E-state index contributed by atoms with van der Waals surface area (Å²) in [4.78, 5) is 16.5. The minimum atomic E-state index is -3.55. The Bertz CT molecular complexity index is 851. The van der Waals surface area contributed by atoms with Crippen molar-refractivity contribution in [3.8, 4) is 0 Å². The lowest BCUT2D eigenvalue weighted by molar-refractivity contribution is 0.0265. The number of sulfonamides is 1. The van der Waals surface area contributed by atoms with Gasteiger partial charge in [0, 0.05) is 5.41 Å². The summed E-state index contributed by atoms with van der Waals surface area (Å²) in [7, 11) is -2.24. The predicted octanol–water partition coefficient (Wildman–Crippen LogP) is 2.19. The number of aromatic nitrogens is 2. The van der Waals surface area contributed by atoms with Gasteiger partial charge in [-0.1, -0.05) is 25.9 Å². The number of hydrogen-bond donors (Lipinski definition) is 1. The predicted molar refractivity (Wildman–Crippen MR) is 89.5 cm³/mol. The Morgan fingerprint density at radius 1 is 1.24 bits per heavy atom. The molecule has 2 aromatic rings. The molecule has 1 N–H and O–H groups in total. The van der Waals surface area contributed by atoms with Crippen molar-refractivity contribution in [2.75, 3.05) is 7.05 Å². The number of rotatable bonds is 5. The van der Waals surface area contributed by atoms with Gasteiger partial charge in [0.05, 0.1) is 10.5 Å². The zero-order valence-electron chi connectivity index (χ0n) is 14.7. The molecule has 0 saturated carbocycles. The van der Waals surface area contributed by atoms with E-state index in [0.717, 1.165) is 0 Å². The summed E-state index contributed by atoms with van der Waals surface area (Å²) in [5, 5.41) is 3.89. The third-order valence-electron chi connectivity index (χ3n) is 3.41. The fraction of sp³-hybridized carbons (Fsp3) is 0.438. The smallest absolute Gasteiger partial charge is 0.338 e. The van der Waals surface area contributed by atoms with Crippen LogP contribution >= 0.6 is 0 Å². The molecule has 0 spiro atoms. The number of ether oxygens (including phenoxy) is 1. The Balaban J connectivity index is 2.10. The van der Waals surface area contributed by atoms with E-state index in [9.17, 15) is 13.2 Å². The first-order chi connectivity index (χ1) is 11.5. The van der Waals surface area contributed by atoms with Crippen LogP contribution in [0.5, 0.6) is 0 Å². The van der Waals surface area contributed by atoms with Gasteiger partial charge in [0.15, 0.2) is 11.9 Å². The van der Waals surface area contributed by atoms with E-state index in [2.05, 4.69) is 14.9 Å². The lowest BCUT2D eigenvalue weighted by atomic mass is 9.96. The van der Waals surface area contributed by atoms with Crippen LogP contribution in [0, 0.1) is 0 Å². The first kappa shape index (κ1) is 19.1. The summed E-state index contributed by atoms with van der Waals surface area (Å²) >= 11 is 0. The highest BCUT2D eigenvalue weighted by molar-refractivity contribution is 7.89. The molecule has 1 aromatic carbocycles. The van der Waals surface area contributed by atoms with E-state index < -0.39 is 22.1 Å². The van der Waals surface area contributed by atoms with E-state index in [0.29, 0.717) is 5.82 Å². The molecule has 0 unspecified atom stereocenters. The van der Waals surface area contributed by atoms with Crippen LogP contribution in [0.25, 0.3) is 0 Å². The van der Waals surface area contributed by atoms with E-state index >= 15 is 0 Å². The van der Waals surface area contributed by atoms with E-state index in [1.807, 2.05) is 20.8 Å². The van der Waals surface area contributed by atoms with Crippen molar-refractivity contribution in [3.05, 3.63) is 41.5 Å². The summed E-state index contributed by atoms with van der Waals surface area (Å²) in [6.45, 7) is 7.45. The van der Waals surface area contributed by atoms with Gasteiger partial charge >= 0.3 is 5.97 Å². The number of nitrogens with one attached hydrogen (secondary N) is 1. The van der Waals surface area contributed by atoms with Crippen molar-refractivity contribution in [1.29, 1.82) is 0 Å². The normalized spacial score (nSPS) is 13.5. The lowest BCUT2D eigenvalue weighted by Crippen LogP contribution is -2.18. The summed E-state index contributed by atoms with van der Waals surface area (Å²) in [5.74, 6) is 0.107. The highest BCUT2D eigenvalue weighted by atomic mass is 32.2. The Morgan fingerprint density at radius 2 is 1.84 bits per heavy atom. The third kappa shape index (κ3) is 4.43. The Kier molecular flexibility index (Phi) is 5.28. The molecule has 25 heavy (non-hydrogen) atoms. The summed E-state index contributed by atoms with van der Waals surface area (Å²) < 4.78 is 36.0. The molecule has 0 aliphatic rings. The standard InChI is InChI=1S/C16H21N3O5S/c1-10(13-18-15(19-24-13)16(2,3)4)23-14(20)11-6-8-12(9-7-11)25(21,22)17-5/h6-10,17H,1-5H3/t10-/m0/s1. The maximum Gasteiger partial charge on any atom is 0.338 e. The first-order valence-corrected chi connectivity index (χ1v) is 9.11.